The van der Waals surface area contributed by atoms with Gasteiger partial charge in [0.2, 0.25) is 5.88 Å². The van der Waals surface area contributed by atoms with Crippen molar-refractivity contribution in [3.05, 3.63) is 72.4 Å². The number of para-hydroxylation sites is 2. The Morgan fingerprint density at radius 1 is 1.05 bits per heavy atom. The Morgan fingerprint density at radius 3 is 2.46 bits per heavy atom. The third kappa shape index (κ3) is 5.79. The summed E-state index contributed by atoms with van der Waals surface area (Å²) in [4.78, 5) is 30.8. The summed E-state index contributed by atoms with van der Waals surface area (Å²) in [7, 11) is 0. The predicted octanol–water partition coefficient (Wildman–Crippen LogP) is 5.28. The fraction of sp³-hybridized carbons (Fsp3) is 0.240. The molecule has 1 aliphatic rings. The third-order valence-corrected chi connectivity index (χ3v) is 5.76. The number of piperidine rings is 1. The minimum atomic E-state index is -5.08. The number of benzene rings is 2. The largest absolute Gasteiger partial charge is 0.490 e. The van der Waals surface area contributed by atoms with Crippen LogP contribution in [0, 0.1) is 0 Å². The van der Waals surface area contributed by atoms with Crippen LogP contribution in [0.3, 0.4) is 0 Å². The van der Waals surface area contributed by atoms with Crippen molar-refractivity contribution < 1.29 is 41.4 Å². The summed E-state index contributed by atoms with van der Waals surface area (Å²) in [5, 5.41) is 8.80. The number of alkyl halides is 5. The number of amides is 1. The molecule has 7 nitrogen and oxygen atoms in total. The summed E-state index contributed by atoms with van der Waals surface area (Å²) in [5.74, 6) is -5.97. The monoisotopic (exact) mass is 521 g/mol. The van der Waals surface area contributed by atoms with Gasteiger partial charge in [0, 0.05) is 41.5 Å². The summed E-state index contributed by atoms with van der Waals surface area (Å²) in [6.07, 6.45) is -5.38. The minimum Gasteiger partial charge on any atom is -0.475 e. The maximum absolute atomic E-state index is 14.6. The molecule has 3 heterocycles. The van der Waals surface area contributed by atoms with Crippen LogP contribution in [-0.2, 0) is 4.79 Å². The molecular weight excluding hydrogens is 501 g/mol. The predicted molar refractivity (Wildman–Crippen MR) is 124 cm³/mol. The van der Waals surface area contributed by atoms with Crippen molar-refractivity contribution in [2.45, 2.75) is 24.6 Å². The van der Waals surface area contributed by atoms with E-state index in [-0.39, 0.29) is 24.9 Å². The van der Waals surface area contributed by atoms with Gasteiger partial charge in [-0.2, -0.15) is 13.2 Å². The number of nitrogens with zero attached hydrogens (tertiary/aromatic N) is 2. The second-order valence-electron chi connectivity index (χ2n) is 8.26. The number of halogens is 5. The van der Waals surface area contributed by atoms with Gasteiger partial charge in [0.1, 0.15) is 0 Å². The van der Waals surface area contributed by atoms with E-state index in [1.807, 2.05) is 42.5 Å². The maximum Gasteiger partial charge on any atom is 0.490 e. The van der Waals surface area contributed by atoms with Gasteiger partial charge in [-0.15, -0.1) is 0 Å². The number of aromatic nitrogens is 2. The Morgan fingerprint density at radius 2 is 1.73 bits per heavy atom. The molecule has 1 fully saturated rings. The van der Waals surface area contributed by atoms with Crippen LogP contribution in [-0.4, -0.2) is 63.1 Å². The highest BCUT2D eigenvalue weighted by molar-refractivity contribution is 6.06. The number of carboxylic acids is 1. The molecule has 2 aromatic heterocycles. The third-order valence-electron chi connectivity index (χ3n) is 5.76. The SMILES string of the molecule is O=C(O)C(F)(F)F.O=C(c1c[nH]c2ccccc12)N1CCC(F)(F)[C@@H](Oc2ccc3ccccc3n2)C1. The zero-order chi connectivity index (χ0) is 26.8. The average molecular weight is 521 g/mol. The first-order chi connectivity index (χ1) is 17.5. The standard InChI is InChI=1S/C23H19F2N3O2.C2HF3O2/c24-23(25)11-12-28(22(29)17-13-26-19-8-4-2-6-16(17)19)14-20(23)30-21-10-9-15-5-1-3-7-18(15)27-21;3-2(4,5)1(6)7/h1-10,13,20,26H,11-12,14H2;(H,6,7)/t20-;/m0./s1. The highest BCUT2D eigenvalue weighted by Crippen LogP contribution is 2.33. The van der Waals surface area contributed by atoms with Gasteiger partial charge in [-0.1, -0.05) is 36.4 Å². The van der Waals surface area contributed by atoms with Crippen molar-refractivity contribution in [1.82, 2.24) is 14.9 Å². The summed E-state index contributed by atoms with van der Waals surface area (Å²) < 4.78 is 66.5. The first-order valence-electron chi connectivity index (χ1n) is 11.0. The molecule has 1 aliphatic heterocycles. The quantitative estimate of drug-likeness (QED) is 0.358. The van der Waals surface area contributed by atoms with Gasteiger partial charge in [-0.3, -0.25) is 4.79 Å². The molecule has 1 saturated heterocycles. The number of carbonyl (C=O) groups excluding carboxylic acids is 1. The van der Waals surface area contributed by atoms with Gasteiger partial charge in [-0.25, -0.2) is 18.6 Å². The van der Waals surface area contributed by atoms with Gasteiger partial charge >= 0.3 is 12.1 Å². The van der Waals surface area contributed by atoms with Crippen LogP contribution in [0.15, 0.2) is 66.9 Å². The molecule has 0 spiro atoms. The zero-order valence-corrected chi connectivity index (χ0v) is 19.0. The van der Waals surface area contributed by atoms with Gasteiger partial charge in [0.25, 0.3) is 11.8 Å². The summed E-state index contributed by atoms with van der Waals surface area (Å²) in [6.45, 7) is -0.240. The van der Waals surface area contributed by atoms with Crippen LogP contribution >= 0.6 is 0 Å². The number of carbonyl (C=O) groups is 2. The number of pyridine rings is 1. The Hall–Kier alpha value is -4.22. The van der Waals surface area contributed by atoms with Gasteiger partial charge in [0.05, 0.1) is 17.6 Å². The number of likely N-dealkylation sites (tertiary alicyclic amines) is 1. The Kier molecular flexibility index (Phi) is 7.01. The number of hydrogen-bond acceptors (Lipinski definition) is 4. The lowest BCUT2D eigenvalue weighted by molar-refractivity contribution is -0.192. The van der Waals surface area contributed by atoms with Gasteiger partial charge in [0.15, 0.2) is 6.10 Å². The molecule has 4 aromatic rings. The number of ether oxygens (including phenoxy) is 1. The van der Waals surface area contributed by atoms with Crippen LogP contribution in [0.5, 0.6) is 5.88 Å². The summed E-state index contributed by atoms with van der Waals surface area (Å²) in [6, 6.07) is 18.2. The van der Waals surface area contributed by atoms with Crippen molar-refractivity contribution in [3.8, 4) is 5.88 Å². The number of aromatic amines is 1. The fourth-order valence-electron chi connectivity index (χ4n) is 3.86. The van der Waals surface area contributed by atoms with Crippen LogP contribution in [0.2, 0.25) is 0 Å². The molecule has 1 amide bonds. The second kappa shape index (κ2) is 10.0. The molecule has 0 bridgehead atoms. The van der Waals surface area contributed by atoms with E-state index in [0.717, 1.165) is 16.3 Å². The number of rotatable bonds is 3. The van der Waals surface area contributed by atoms with E-state index in [1.165, 1.54) is 4.90 Å². The number of carboxylic acid groups (broad SMARTS) is 1. The lowest BCUT2D eigenvalue weighted by Crippen LogP contribution is -2.55. The molecule has 5 rings (SSSR count). The van der Waals surface area contributed by atoms with Gasteiger partial charge in [-0.05, 0) is 18.2 Å². The minimum absolute atomic E-state index is 0.0314. The van der Waals surface area contributed by atoms with Crippen molar-refractivity contribution in [2.75, 3.05) is 13.1 Å². The van der Waals surface area contributed by atoms with Crippen LogP contribution in [0.4, 0.5) is 22.0 Å². The first-order valence-corrected chi connectivity index (χ1v) is 11.0. The van der Waals surface area contributed by atoms with Crippen LogP contribution in [0.1, 0.15) is 16.8 Å². The number of fused-ring (bicyclic) bond motifs is 2. The van der Waals surface area contributed by atoms with E-state index >= 15 is 0 Å². The molecular formula is C25H20F5N3O4. The van der Waals surface area contributed by atoms with Crippen LogP contribution < -0.4 is 4.74 Å². The molecule has 2 aromatic carbocycles. The van der Waals surface area contributed by atoms with Crippen LogP contribution in [0.25, 0.3) is 21.8 Å². The Balaban J connectivity index is 0.000000405. The molecule has 0 radical (unpaired) electrons. The topological polar surface area (TPSA) is 95.5 Å². The van der Waals surface area contributed by atoms with Crippen molar-refractivity contribution in [1.29, 1.82) is 0 Å². The summed E-state index contributed by atoms with van der Waals surface area (Å²) in [5.41, 5.74) is 1.97. The average Bonchev–Trinajstić information content (AvgIpc) is 3.29. The lowest BCUT2D eigenvalue weighted by atomic mass is 10.0. The molecule has 37 heavy (non-hydrogen) atoms. The zero-order valence-electron chi connectivity index (χ0n) is 19.0. The number of aliphatic carboxylic acids is 1. The molecule has 194 valence electrons. The van der Waals surface area contributed by atoms with E-state index in [9.17, 15) is 26.7 Å². The molecule has 0 unspecified atom stereocenters. The first kappa shape index (κ1) is 25.9. The second-order valence-corrected chi connectivity index (χ2v) is 8.26. The van der Waals surface area contributed by atoms with E-state index in [0.29, 0.717) is 11.1 Å². The van der Waals surface area contributed by atoms with Crippen molar-refractivity contribution in [3.63, 3.8) is 0 Å². The van der Waals surface area contributed by atoms with Crippen molar-refractivity contribution >= 4 is 33.7 Å². The number of H-pyrrole nitrogens is 1. The normalized spacial score (nSPS) is 17.2. The smallest absolute Gasteiger partial charge is 0.475 e. The highest BCUT2D eigenvalue weighted by atomic mass is 19.4. The molecule has 0 aliphatic carbocycles. The summed E-state index contributed by atoms with van der Waals surface area (Å²) >= 11 is 0. The van der Waals surface area contributed by atoms with E-state index < -0.39 is 30.6 Å². The lowest BCUT2D eigenvalue weighted by Gasteiger charge is -2.37. The fourth-order valence-corrected chi connectivity index (χ4v) is 3.86. The van der Waals surface area contributed by atoms with E-state index in [4.69, 9.17) is 14.6 Å². The van der Waals surface area contributed by atoms with E-state index in [1.54, 1.807) is 24.4 Å². The maximum atomic E-state index is 14.6. The molecule has 0 saturated carbocycles. The number of hydrogen-bond donors (Lipinski definition) is 2. The highest BCUT2D eigenvalue weighted by Gasteiger charge is 2.47. The van der Waals surface area contributed by atoms with E-state index in [2.05, 4.69) is 9.97 Å². The molecule has 1 atom stereocenters. The Bertz CT molecular complexity index is 1440. The van der Waals surface area contributed by atoms with Gasteiger partial charge < -0.3 is 19.7 Å². The number of nitrogens with one attached hydrogen (secondary N) is 1. The molecule has 12 heteroatoms. The van der Waals surface area contributed by atoms with Crippen molar-refractivity contribution in [2.24, 2.45) is 0 Å². The molecule has 2 N–H and O–H groups in total. The Labute approximate surface area is 206 Å².